The highest BCUT2D eigenvalue weighted by Crippen LogP contribution is 2.39. The Morgan fingerprint density at radius 3 is 2.03 bits per heavy atom. The van der Waals surface area contributed by atoms with Gasteiger partial charge in [-0.25, -0.2) is 0 Å². The van der Waals surface area contributed by atoms with Crippen molar-refractivity contribution in [1.82, 2.24) is 0 Å². The molecule has 29 heavy (non-hydrogen) atoms. The molecule has 1 saturated carbocycles. The Morgan fingerprint density at radius 2 is 1.55 bits per heavy atom. The van der Waals surface area contributed by atoms with Crippen molar-refractivity contribution >= 4 is 6.21 Å². The van der Waals surface area contributed by atoms with Crippen LogP contribution < -0.4 is 4.74 Å². The second-order valence-electron chi connectivity index (χ2n) is 11.6. The Kier molecular flexibility index (Phi) is 7.63. The first kappa shape index (κ1) is 24.0. The quantitative estimate of drug-likeness (QED) is 0.464. The van der Waals surface area contributed by atoms with Gasteiger partial charge >= 0.3 is 0 Å². The molecule has 0 amide bonds. The molecule has 1 aromatic carbocycles. The summed E-state index contributed by atoms with van der Waals surface area (Å²) in [5.41, 5.74) is 4.14. The van der Waals surface area contributed by atoms with Crippen LogP contribution >= 0.6 is 0 Å². The van der Waals surface area contributed by atoms with Gasteiger partial charge in [-0.3, -0.25) is 4.99 Å². The van der Waals surface area contributed by atoms with Gasteiger partial charge in [-0.2, -0.15) is 0 Å². The zero-order valence-corrected chi connectivity index (χ0v) is 20.7. The SMILES string of the molecule is Cc1ccc(C(C)(C)C)c(O[C@H](C)C(C)C)c1/C=N/C1CCC(C(C)(C)C)CC1. The van der Waals surface area contributed by atoms with Gasteiger partial charge in [-0.15, -0.1) is 0 Å². The minimum atomic E-state index is 0.0348. The van der Waals surface area contributed by atoms with E-state index in [0.717, 1.165) is 11.7 Å². The van der Waals surface area contributed by atoms with E-state index < -0.39 is 0 Å². The Labute approximate surface area is 180 Å². The summed E-state index contributed by atoms with van der Waals surface area (Å²) in [7, 11) is 0. The van der Waals surface area contributed by atoms with Crippen molar-refractivity contribution in [3.05, 3.63) is 28.8 Å². The lowest BCUT2D eigenvalue weighted by molar-refractivity contribution is 0.166. The summed E-state index contributed by atoms with van der Waals surface area (Å²) in [6.45, 7) is 22.7. The highest BCUT2D eigenvalue weighted by Gasteiger charge is 2.29. The zero-order valence-electron chi connectivity index (χ0n) is 20.7. The molecule has 164 valence electrons. The van der Waals surface area contributed by atoms with Crippen LogP contribution in [0.3, 0.4) is 0 Å². The third-order valence-corrected chi connectivity index (χ3v) is 6.80. The molecule has 1 atom stereocenters. The van der Waals surface area contributed by atoms with Crippen molar-refractivity contribution < 1.29 is 4.74 Å². The molecule has 0 heterocycles. The summed E-state index contributed by atoms with van der Waals surface area (Å²) < 4.78 is 6.56. The molecule has 0 aliphatic heterocycles. The van der Waals surface area contributed by atoms with Crippen molar-refractivity contribution in [2.75, 3.05) is 0 Å². The number of hydrogen-bond donors (Lipinski definition) is 0. The molecule has 0 aromatic heterocycles. The number of aryl methyl sites for hydroxylation is 1. The fourth-order valence-electron chi connectivity index (χ4n) is 4.17. The maximum Gasteiger partial charge on any atom is 0.132 e. The van der Waals surface area contributed by atoms with E-state index in [1.165, 1.54) is 42.4 Å². The maximum atomic E-state index is 6.56. The fraction of sp³-hybridized carbons (Fsp3) is 0.741. The molecule has 0 unspecified atom stereocenters. The van der Waals surface area contributed by atoms with Gasteiger partial charge in [0.2, 0.25) is 0 Å². The number of nitrogens with zero attached hydrogens (tertiary/aromatic N) is 1. The Morgan fingerprint density at radius 1 is 0.966 bits per heavy atom. The first-order valence-corrected chi connectivity index (χ1v) is 11.6. The highest BCUT2D eigenvalue weighted by atomic mass is 16.5. The van der Waals surface area contributed by atoms with Crippen LogP contribution in [0, 0.1) is 24.2 Å². The molecule has 1 fully saturated rings. The molecule has 0 radical (unpaired) electrons. The van der Waals surface area contributed by atoms with Crippen LogP contribution in [0.5, 0.6) is 5.75 Å². The van der Waals surface area contributed by atoms with E-state index in [1.807, 2.05) is 0 Å². The van der Waals surface area contributed by atoms with Gasteiger partial charge in [0.15, 0.2) is 0 Å². The summed E-state index contributed by atoms with van der Waals surface area (Å²) in [6, 6.07) is 4.91. The average Bonchev–Trinajstić information content (AvgIpc) is 2.59. The average molecular weight is 400 g/mol. The summed E-state index contributed by atoms with van der Waals surface area (Å²) in [5, 5.41) is 0. The monoisotopic (exact) mass is 399 g/mol. The van der Waals surface area contributed by atoms with Crippen molar-refractivity contribution in [1.29, 1.82) is 0 Å². The molecule has 2 rings (SSSR count). The van der Waals surface area contributed by atoms with Crippen molar-refractivity contribution in [2.45, 2.75) is 112 Å². The molecule has 0 spiro atoms. The van der Waals surface area contributed by atoms with E-state index in [0.29, 0.717) is 17.4 Å². The second-order valence-corrected chi connectivity index (χ2v) is 11.6. The van der Waals surface area contributed by atoms with Gasteiger partial charge in [0.05, 0.1) is 6.10 Å². The third-order valence-electron chi connectivity index (χ3n) is 6.80. The summed E-state index contributed by atoms with van der Waals surface area (Å²) in [4.78, 5) is 5.06. The molecule has 1 aliphatic carbocycles. The molecule has 1 aliphatic rings. The molecular formula is C27H45NO. The summed E-state index contributed by atoms with van der Waals surface area (Å²) >= 11 is 0. The molecular weight excluding hydrogens is 354 g/mol. The van der Waals surface area contributed by atoms with Crippen LogP contribution in [0.15, 0.2) is 17.1 Å². The van der Waals surface area contributed by atoms with E-state index in [4.69, 9.17) is 9.73 Å². The van der Waals surface area contributed by atoms with E-state index in [9.17, 15) is 0 Å². The lowest BCUT2D eigenvalue weighted by Crippen LogP contribution is -2.27. The predicted octanol–water partition coefficient (Wildman–Crippen LogP) is 7.74. The fourth-order valence-corrected chi connectivity index (χ4v) is 4.17. The van der Waals surface area contributed by atoms with Gasteiger partial charge in [-0.05, 0) is 67.8 Å². The number of aliphatic imine (C=N–C) groups is 1. The largest absolute Gasteiger partial charge is 0.489 e. The van der Waals surface area contributed by atoms with E-state index in [2.05, 4.69) is 87.6 Å². The molecule has 2 heteroatoms. The topological polar surface area (TPSA) is 21.6 Å². The van der Waals surface area contributed by atoms with Crippen molar-refractivity contribution in [3.8, 4) is 5.75 Å². The first-order chi connectivity index (χ1) is 13.3. The van der Waals surface area contributed by atoms with E-state index in [-0.39, 0.29) is 11.5 Å². The van der Waals surface area contributed by atoms with Crippen LogP contribution in [-0.4, -0.2) is 18.4 Å². The van der Waals surface area contributed by atoms with Crippen molar-refractivity contribution in [2.24, 2.45) is 22.2 Å². The standard InChI is InChI=1S/C27H45NO/c1-18(2)20(4)29-25-23(19(3)11-16-24(25)27(8,9)10)17-28-22-14-12-21(13-15-22)26(5,6)7/h11,16-18,20-22H,12-15H2,1-10H3/b28-17+/t20-,21?,22?/m1/s1. The normalized spacial score (nSPS) is 22.3. The Bertz CT molecular complexity index is 694. The summed E-state index contributed by atoms with van der Waals surface area (Å²) in [5.74, 6) is 2.33. The summed E-state index contributed by atoms with van der Waals surface area (Å²) in [6.07, 6.45) is 7.28. The van der Waals surface area contributed by atoms with Crippen LogP contribution in [0.2, 0.25) is 0 Å². The highest BCUT2D eigenvalue weighted by molar-refractivity contribution is 5.86. The Hall–Kier alpha value is -1.31. The lowest BCUT2D eigenvalue weighted by atomic mass is 9.71. The predicted molar refractivity (Wildman–Crippen MR) is 128 cm³/mol. The van der Waals surface area contributed by atoms with Gasteiger partial charge in [-0.1, -0.05) is 67.5 Å². The molecule has 1 aromatic rings. The van der Waals surface area contributed by atoms with Crippen LogP contribution in [-0.2, 0) is 5.41 Å². The van der Waals surface area contributed by atoms with E-state index >= 15 is 0 Å². The number of benzene rings is 1. The minimum absolute atomic E-state index is 0.0348. The number of ether oxygens (including phenoxy) is 1. The molecule has 0 bridgehead atoms. The number of hydrogen-bond acceptors (Lipinski definition) is 2. The van der Waals surface area contributed by atoms with Gasteiger partial charge < -0.3 is 4.74 Å². The maximum absolute atomic E-state index is 6.56. The molecule has 0 N–H and O–H groups in total. The van der Waals surface area contributed by atoms with E-state index in [1.54, 1.807) is 0 Å². The minimum Gasteiger partial charge on any atom is -0.489 e. The van der Waals surface area contributed by atoms with Gasteiger partial charge in [0.1, 0.15) is 5.75 Å². The van der Waals surface area contributed by atoms with Crippen LogP contribution in [0.25, 0.3) is 0 Å². The first-order valence-electron chi connectivity index (χ1n) is 11.6. The van der Waals surface area contributed by atoms with Crippen LogP contribution in [0.4, 0.5) is 0 Å². The second kappa shape index (κ2) is 9.23. The molecule has 2 nitrogen and oxygen atoms in total. The van der Waals surface area contributed by atoms with Crippen LogP contribution in [0.1, 0.15) is 105 Å². The Balaban J connectivity index is 2.30. The third kappa shape index (κ3) is 6.33. The van der Waals surface area contributed by atoms with Crippen molar-refractivity contribution in [3.63, 3.8) is 0 Å². The van der Waals surface area contributed by atoms with Gasteiger partial charge in [0, 0.05) is 23.4 Å². The van der Waals surface area contributed by atoms with Gasteiger partial charge in [0.25, 0.3) is 0 Å². The zero-order chi connectivity index (χ0) is 22.0. The lowest BCUT2D eigenvalue weighted by Gasteiger charge is -2.35. The molecule has 0 saturated heterocycles. The number of rotatable bonds is 5. The smallest absolute Gasteiger partial charge is 0.132 e.